The van der Waals surface area contributed by atoms with Crippen LogP contribution in [0.1, 0.15) is 0 Å². The van der Waals surface area contributed by atoms with Crippen molar-refractivity contribution in [3.05, 3.63) is 4.91 Å². The molecule has 0 radical (unpaired) electrons. The molecule has 0 rings (SSSR count). The maximum absolute atomic E-state index is 8.70. The zero-order valence-electron chi connectivity index (χ0n) is 1.60. The van der Waals surface area contributed by atoms with E-state index in [1.807, 2.05) is 5.34 Å². The van der Waals surface area contributed by atoms with Gasteiger partial charge in [0.2, 0.25) is 0 Å². The fraction of sp³-hybridized carbons (Fsp3) is 0. The molecule has 0 amide bonds. The average Bonchev–Trinajstić information content (AvgIpc) is 1.37. The SMILES string of the molecule is O=N[O][Ir]. The van der Waals surface area contributed by atoms with E-state index >= 15 is 0 Å². The number of hydrogen-bond donors (Lipinski definition) is 0. The molecule has 0 bridgehead atoms. The summed E-state index contributed by atoms with van der Waals surface area (Å²) in [6.07, 6.45) is 0. The van der Waals surface area contributed by atoms with Gasteiger partial charge < -0.3 is 0 Å². The summed E-state index contributed by atoms with van der Waals surface area (Å²) in [5, 5.41) is 1.99. The Bertz CT molecular complexity index is 20.0. The first kappa shape index (κ1) is 4.05. The second kappa shape index (κ2) is 3.05. The molecular formula is IrNO2. The molecule has 0 aromatic carbocycles. The quantitative estimate of drug-likeness (QED) is 0.481. The van der Waals surface area contributed by atoms with Gasteiger partial charge in [-0.05, 0) is 0 Å². The monoisotopic (exact) mass is 239 g/mol. The van der Waals surface area contributed by atoms with Gasteiger partial charge in [-0.25, -0.2) is 0 Å². The van der Waals surface area contributed by atoms with E-state index in [9.17, 15) is 0 Å². The van der Waals surface area contributed by atoms with Gasteiger partial charge in [0, 0.05) is 0 Å². The van der Waals surface area contributed by atoms with Crippen LogP contribution in [-0.2, 0) is 22.9 Å². The van der Waals surface area contributed by atoms with Gasteiger partial charge in [0.25, 0.3) is 0 Å². The Labute approximate surface area is 33.8 Å². The van der Waals surface area contributed by atoms with Crippen molar-refractivity contribution in [1.82, 2.24) is 0 Å². The Kier molecular flexibility index (Phi) is 3.09. The number of nitrogens with zero attached hydrogens (tertiary/aromatic N) is 1. The third-order valence-electron chi connectivity index (χ3n) is 0.0248. The molecule has 0 aromatic heterocycles. The van der Waals surface area contributed by atoms with Crippen LogP contribution in [0.3, 0.4) is 0 Å². The Balaban J connectivity index is 2.30. The first-order valence-electron chi connectivity index (χ1n) is 0.501. The van der Waals surface area contributed by atoms with Crippen molar-refractivity contribution in [3.8, 4) is 0 Å². The summed E-state index contributed by atoms with van der Waals surface area (Å²) < 4.78 is 3.61. The Morgan fingerprint density at radius 2 is 2.25 bits per heavy atom. The summed E-state index contributed by atoms with van der Waals surface area (Å²) in [5.74, 6) is 0. The van der Waals surface area contributed by atoms with Gasteiger partial charge in [0.15, 0.2) is 0 Å². The molecule has 0 atom stereocenters. The van der Waals surface area contributed by atoms with Crippen molar-refractivity contribution in [2.75, 3.05) is 0 Å². The minimum absolute atomic E-state index is 1.20. The molecule has 0 N–H and O–H groups in total. The van der Waals surface area contributed by atoms with Gasteiger partial charge in [-0.3, -0.25) is 0 Å². The van der Waals surface area contributed by atoms with Crippen molar-refractivity contribution in [3.63, 3.8) is 0 Å². The molecule has 4 heavy (non-hydrogen) atoms. The van der Waals surface area contributed by atoms with Crippen molar-refractivity contribution in [2.24, 2.45) is 5.34 Å². The summed E-state index contributed by atoms with van der Waals surface area (Å²) in [7, 11) is 0. The van der Waals surface area contributed by atoms with Crippen LogP contribution in [0.4, 0.5) is 0 Å². The van der Waals surface area contributed by atoms with E-state index in [4.69, 9.17) is 4.91 Å². The first-order chi connectivity index (χ1) is 1.91. The van der Waals surface area contributed by atoms with Crippen molar-refractivity contribution in [1.29, 1.82) is 0 Å². The molecule has 26 valence electrons. The normalized spacial score (nSPS) is 5.50. The summed E-state index contributed by atoms with van der Waals surface area (Å²) in [6.45, 7) is 0. The Morgan fingerprint density at radius 1 is 2.00 bits per heavy atom. The molecule has 0 saturated carbocycles. The third-order valence-corrected chi connectivity index (χ3v) is 0.203. The Morgan fingerprint density at radius 3 is 2.25 bits per heavy atom. The van der Waals surface area contributed by atoms with Gasteiger partial charge >= 0.3 is 33.1 Å². The molecule has 4 heteroatoms. The molecular weight excluding hydrogens is 238 g/mol. The molecule has 0 aliphatic carbocycles. The molecule has 0 fully saturated rings. The van der Waals surface area contributed by atoms with Crippen LogP contribution in [0.2, 0.25) is 0 Å². The standard InChI is InChI=1S/Ir.HNO2/c;2-1-3/h;(H,2,3)/q+1;/p-1. The van der Waals surface area contributed by atoms with Gasteiger partial charge in [-0.2, -0.15) is 0 Å². The molecule has 3 nitrogen and oxygen atoms in total. The van der Waals surface area contributed by atoms with Crippen molar-refractivity contribution >= 4 is 0 Å². The molecule has 0 spiro atoms. The maximum atomic E-state index is 8.70. The number of rotatable bonds is 1. The van der Waals surface area contributed by atoms with Crippen LogP contribution in [-0.4, -0.2) is 0 Å². The number of hydrogen-bond acceptors (Lipinski definition) is 3. The van der Waals surface area contributed by atoms with Crippen LogP contribution in [0, 0.1) is 4.91 Å². The molecule has 0 aliphatic rings. The van der Waals surface area contributed by atoms with E-state index in [1.165, 1.54) is 19.3 Å². The minimum atomic E-state index is 1.20. The van der Waals surface area contributed by atoms with E-state index in [0.29, 0.717) is 0 Å². The van der Waals surface area contributed by atoms with E-state index in [1.54, 1.807) is 0 Å². The van der Waals surface area contributed by atoms with Crippen LogP contribution < -0.4 is 0 Å². The summed E-state index contributed by atoms with van der Waals surface area (Å²) in [4.78, 5) is 8.70. The van der Waals surface area contributed by atoms with Gasteiger partial charge in [-0.15, -0.1) is 0 Å². The van der Waals surface area contributed by atoms with Crippen LogP contribution in [0.5, 0.6) is 0 Å². The predicted molar refractivity (Wildman–Crippen MR) is 6.88 cm³/mol. The average molecular weight is 238 g/mol. The van der Waals surface area contributed by atoms with E-state index in [2.05, 4.69) is 3.60 Å². The van der Waals surface area contributed by atoms with E-state index in [-0.39, 0.29) is 0 Å². The zero-order chi connectivity index (χ0) is 3.41. The zero-order valence-corrected chi connectivity index (χ0v) is 3.99. The summed E-state index contributed by atoms with van der Waals surface area (Å²) >= 11 is 1.20. The molecule has 0 saturated heterocycles. The van der Waals surface area contributed by atoms with Crippen LogP contribution in [0.25, 0.3) is 0 Å². The van der Waals surface area contributed by atoms with Gasteiger partial charge in [0.1, 0.15) is 0 Å². The van der Waals surface area contributed by atoms with Crippen molar-refractivity contribution in [2.45, 2.75) is 0 Å². The van der Waals surface area contributed by atoms with Crippen molar-refractivity contribution < 1.29 is 22.9 Å². The van der Waals surface area contributed by atoms with Gasteiger partial charge in [-0.1, -0.05) is 0 Å². The third kappa shape index (κ3) is 2.05. The van der Waals surface area contributed by atoms with Crippen LogP contribution >= 0.6 is 0 Å². The van der Waals surface area contributed by atoms with Gasteiger partial charge in [0.05, 0.1) is 0 Å². The van der Waals surface area contributed by atoms with Crippen LogP contribution in [0.15, 0.2) is 5.34 Å². The second-order valence-corrected chi connectivity index (χ2v) is 0.573. The fourth-order valence-corrected chi connectivity index (χ4v) is 0. The second-order valence-electron chi connectivity index (χ2n) is 0.135. The molecule has 0 unspecified atom stereocenters. The Hall–Kier alpha value is 0.0494. The topological polar surface area (TPSA) is 38.7 Å². The molecule has 0 aromatic rings. The van der Waals surface area contributed by atoms with E-state index < -0.39 is 0 Å². The van der Waals surface area contributed by atoms with E-state index in [0.717, 1.165) is 0 Å². The first-order valence-corrected chi connectivity index (χ1v) is 1.48. The fourth-order valence-electron chi connectivity index (χ4n) is 0. The predicted octanol–water partition coefficient (Wildman–Crippen LogP) is 0.146. The molecule has 0 aliphatic heterocycles. The summed E-state index contributed by atoms with van der Waals surface area (Å²) in [6, 6.07) is 0. The summed E-state index contributed by atoms with van der Waals surface area (Å²) in [5.41, 5.74) is 0. The molecule has 0 heterocycles.